The summed E-state index contributed by atoms with van der Waals surface area (Å²) in [6.45, 7) is 3.94. The second-order valence-electron chi connectivity index (χ2n) is 4.30. The van der Waals surface area contributed by atoms with E-state index in [2.05, 4.69) is 5.10 Å². The molecule has 19 heavy (non-hydrogen) atoms. The van der Waals surface area contributed by atoms with Gasteiger partial charge in [0.1, 0.15) is 5.82 Å². The van der Waals surface area contributed by atoms with Crippen molar-refractivity contribution in [3.05, 3.63) is 41.1 Å². The number of nitrogens with zero attached hydrogens (tertiary/aromatic N) is 2. The van der Waals surface area contributed by atoms with E-state index in [9.17, 15) is 4.79 Å². The molecule has 0 fully saturated rings. The van der Waals surface area contributed by atoms with Crippen molar-refractivity contribution in [2.75, 3.05) is 12.8 Å². The quantitative estimate of drug-likeness (QED) is 0.857. The maximum absolute atomic E-state index is 11.7. The van der Waals surface area contributed by atoms with Gasteiger partial charge >= 0.3 is 5.97 Å². The van der Waals surface area contributed by atoms with Gasteiger partial charge in [-0.05, 0) is 25.5 Å². The van der Waals surface area contributed by atoms with Crippen LogP contribution in [0.1, 0.15) is 28.5 Å². The average Bonchev–Trinajstić information content (AvgIpc) is 2.76. The molecule has 0 atom stereocenters. The van der Waals surface area contributed by atoms with Crippen molar-refractivity contribution < 1.29 is 9.53 Å². The molecule has 0 aliphatic carbocycles. The topological polar surface area (TPSA) is 70.1 Å². The summed E-state index contributed by atoms with van der Waals surface area (Å²) in [7, 11) is 1.34. The lowest BCUT2D eigenvalue weighted by Crippen LogP contribution is -2.06. The fraction of sp³-hybridized carbons (Fsp3) is 0.286. The third kappa shape index (κ3) is 2.31. The Labute approximate surface area is 112 Å². The van der Waals surface area contributed by atoms with Gasteiger partial charge in [0.15, 0.2) is 5.69 Å². The van der Waals surface area contributed by atoms with Crippen LogP contribution in [-0.2, 0) is 11.2 Å². The van der Waals surface area contributed by atoms with Gasteiger partial charge in [-0.25, -0.2) is 9.48 Å². The highest BCUT2D eigenvalue weighted by atomic mass is 16.5. The van der Waals surface area contributed by atoms with Gasteiger partial charge < -0.3 is 10.5 Å². The van der Waals surface area contributed by atoms with Crippen LogP contribution >= 0.6 is 0 Å². The molecule has 0 spiro atoms. The standard InChI is InChI=1S/C14H17N3O2/c1-4-11-12(14(18)19-3)16-17(13(11)15)10-7-5-9(2)6-8-10/h5-8H,4,15H2,1-3H3. The molecule has 0 radical (unpaired) electrons. The molecule has 0 aliphatic rings. The zero-order valence-corrected chi connectivity index (χ0v) is 11.3. The van der Waals surface area contributed by atoms with Crippen molar-refractivity contribution in [1.82, 2.24) is 9.78 Å². The zero-order valence-electron chi connectivity index (χ0n) is 11.3. The van der Waals surface area contributed by atoms with Crippen LogP contribution in [-0.4, -0.2) is 22.9 Å². The maximum atomic E-state index is 11.7. The summed E-state index contributed by atoms with van der Waals surface area (Å²) in [6.07, 6.45) is 0.627. The minimum atomic E-state index is -0.464. The van der Waals surface area contributed by atoms with Gasteiger partial charge in [-0.3, -0.25) is 0 Å². The fourth-order valence-electron chi connectivity index (χ4n) is 1.96. The predicted octanol–water partition coefficient (Wildman–Crippen LogP) is 2.11. The SMILES string of the molecule is CCc1c(C(=O)OC)nn(-c2ccc(C)cc2)c1N. The molecule has 0 saturated heterocycles. The Kier molecular flexibility index (Phi) is 3.55. The second kappa shape index (κ2) is 5.14. The summed E-state index contributed by atoms with van der Waals surface area (Å²) in [5.74, 6) is 0.0150. The highest BCUT2D eigenvalue weighted by molar-refractivity contribution is 5.90. The molecular formula is C14H17N3O2. The van der Waals surface area contributed by atoms with Crippen molar-refractivity contribution in [3.8, 4) is 5.69 Å². The van der Waals surface area contributed by atoms with Crippen LogP contribution in [0.15, 0.2) is 24.3 Å². The summed E-state index contributed by atoms with van der Waals surface area (Å²) in [4.78, 5) is 11.7. The highest BCUT2D eigenvalue weighted by Crippen LogP contribution is 2.22. The van der Waals surface area contributed by atoms with Gasteiger partial charge in [-0.15, -0.1) is 0 Å². The van der Waals surface area contributed by atoms with Crippen molar-refractivity contribution in [1.29, 1.82) is 0 Å². The molecule has 5 heteroatoms. The molecule has 0 bridgehead atoms. The van der Waals surface area contributed by atoms with Crippen LogP contribution in [0.5, 0.6) is 0 Å². The van der Waals surface area contributed by atoms with E-state index in [-0.39, 0.29) is 5.69 Å². The Morgan fingerprint density at radius 2 is 2.00 bits per heavy atom. The van der Waals surface area contributed by atoms with Gasteiger partial charge in [0, 0.05) is 5.56 Å². The summed E-state index contributed by atoms with van der Waals surface area (Å²) < 4.78 is 6.31. The summed E-state index contributed by atoms with van der Waals surface area (Å²) >= 11 is 0. The van der Waals surface area contributed by atoms with Crippen LogP contribution in [0.2, 0.25) is 0 Å². The van der Waals surface area contributed by atoms with Gasteiger partial charge in [-0.1, -0.05) is 24.6 Å². The number of rotatable bonds is 3. The molecule has 2 rings (SSSR count). The number of carbonyl (C=O) groups excluding carboxylic acids is 1. The number of benzene rings is 1. The summed E-state index contributed by atoms with van der Waals surface area (Å²) in [5, 5.41) is 4.27. The number of anilines is 1. The Bertz CT molecular complexity index is 600. The number of methoxy groups -OCH3 is 1. The second-order valence-corrected chi connectivity index (χ2v) is 4.30. The maximum Gasteiger partial charge on any atom is 0.358 e. The third-order valence-corrected chi connectivity index (χ3v) is 3.03. The van der Waals surface area contributed by atoms with Crippen molar-refractivity contribution >= 4 is 11.8 Å². The zero-order chi connectivity index (χ0) is 14.0. The Hall–Kier alpha value is -2.30. The van der Waals surface area contributed by atoms with Crippen LogP contribution in [0.4, 0.5) is 5.82 Å². The average molecular weight is 259 g/mol. The molecule has 100 valence electrons. The molecule has 0 aliphatic heterocycles. The molecule has 2 N–H and O–H groups in total. The number of aryl methyl sites for hydroxylation is 1. The van der Waals surface area contributed by atoms with Crippen molar-refractivity contribution in [2.24, 2.45) is 0 Å². The van der Waals surface area contributed by atoms with E-state index < -0.39 is 5.97 Å². The molecule has 0 amide bonds. The molecule has 0 unspecified atom stereocenters. The summed E-state index contributed by atoms with van der Waals surface area (Å²) in [5.41, 5.74) is 9.04. The van der Waals surface area contributed by atoms with E-state index in [0.29, 0.717) is 17.8 Å². The van der Waals surface area contributed by atoms with Crippen molar-refractivity contribution in [2.45, 2.75) is 20.3 Å². The van der Waals surface area contributed by atoms with E-state index >= 15 is 0 Å². The lowest BCUT2D eigenvalue weighted by Gasteiger charge is -2.04. The van der Waals surface area contributed by atoms with E-state index in [0.717, 1.165) is 11.3 Å². The number of ether oxygens (including phenoxy) is 1. The van der Waals surface area contributed by atoms with Crippen LogP contribution in [0.3, 0.4) is 0 Å². The first kappa shape index (κ1) is 13.1. The lowest BCUT2D eigenvalue weighted by atomic mass is 10.2. The number of hydrogen-bond acceptors (Lipinski definition) is 4. The number of nitrogens with two attached hydrogens (primary N) is 1. The van der Waals surface area contributed by atoms with E-state index in [1.54, 1.807) is 4.68 Å². The number of hydrogen-bond donors (Lipinski definition) is 1. The highest BCUT2D eigenvalue weighted by Gasteiger charge is 2.21. The van der Waals surface area contributed by atoms with Gasteiger partial charge in [0.25, 0.3) is 0 Å². The number of aromatic nitrogens is 2. The van der Waals surface area contributed by atoms with E-state index in [1.165, 1.54) is 7.11 Å². The number of carbonyl (C=O) groups is 1. The minimum absolute atomic E-state index is 0.281. The number of esters is 1. The van der Waals surface area contributed by atoms with Gasteiger partial charge in [0.2, 0.25) is 0 Å². The molecular weight excluding hydrogens is 242 g/mol. The van der Waals surface area contributed by atoms with Crippen LogP contribution in [0.25, 0.3) is 5.69 Å². The molecule has 1 heterocycles. The lowest BCUT2D eigenvalue weighted by molar-refractivity contribution is 0.0592. The Morgan fingerprint density at radius 3 is 2.53 bits per heavy atom. The molecule has 2 aromatic rings. The van der Waals surface area contributed by atoms with E-state index in [1.807, 2.05) is 38.1 Å². The van der Waals surface area contributed by atoms with Crippen molar-refractivity contribution in [3.63, 3.8) is 0 Å². The monoisotopic (exact) mass is 259 g/mol. The van der Waals surface area contributed by atoms with Gasteiger partial charge in [-0.2, -0.15) is 5.10 Å². The molecule has 0 saturated carbocycles. The molecule has 5 nitrogen and oxygen atoms in total. The first-order valence-electron chi connectivity index (χ1n) is 6.11. The smallest absolute Gasteiger partial charge is 0.358 e. The van der Waals surface area contributed by atoms with E-state index in [4.69, 9.17) is 10.5 Å². The molecule has 1 aromatic carbocycles. The first-order chi connectivity index (χ1) is 9.08. The predicted molar refractivity (Wildman–Crippen MR) is 73.4 cm³/mol. The molecule has 1 aromatic heterocycles. The minimum Gasteiger partial charge on any atom is -0.464 e. The normalized spacial score (nSPS) is 10.5. The van der Waals surface area contributed by atoms with Crippen LogP contribution < -0.4 is 5.73 Å². The Balaban J connectivity index is 2.55. The third-order valence-electron chi connectivity index (χ3n) is 3.03. The summed E-state index contributed by atoms with van der Waals surface area (Å²) in [6, 6.07) is 7.78. The van der Waals surface area contributed by atoms with Gasteiger partial charge in [0.05, 0.1) is 12.8 Å². The number of nitrogen functional groups attached to an aromatic ring is 1. The largest absolute Gasteiger partial charge is 0.464 e. The first-order valence-corrected chi connectivity index (χ1v) is 6.11. The fourth-order valence-corrected chi connectivity index (χ4v) is 1.96. The van der Waals surface area contributed by atoms with Crippen LogP contribution in [0, 0.1) is 6.92 Å². The Morgan fingerprint density at radius 1 is 1.37 bits per heavy atom.